The molecule has 0 fully saturated rings. The third kappa shape index (κ3) is 3.54. The van der Waals surface area contributed by atoms with Crippen LogP contribution in [0.1, 0.15) is 29.7 Å². The van der Waals surface area contributed by atoms with Crippen molar-refractivity contribution in [2.24, 2.45) is 5.73 Å². The Labute approximate surface area is 117 Å². The molecule has 0 aliphatic rings. The lowest BCUT2D eigenvalue weighted by molar-refractivity contribution is 0.300. The Morgan fingerprint density at radius 2 is 1.75 bits per heavy atom. The molecule has 0 radical (unpaired) electrons. The van der Waals surface area contributed by atoms with E-state index >= 15 is 0 Å². The highest BCUT2D eigenvalue weighted by Crippen LogP contribution is 2.26. The molecule has 2 aromatic rings. The average molecular weight is 277 g/mol. The lowest BCUT2D eigenvalue weighted by atomic mass is 10.1. The molecule has 0 aliphatic carbocycles. The predicted octanol–water partition coefficient (Wildman–Crippen LogP) is 3.87. The highest BCUT2D eigenvalue weighted by molar-refractivity contribution is 5.39. The Hall–Kier alpha value is -1.94. The van der Waals surface area contributed by atoms with Crippen molar-refractivity contribution < 1.29 is 13.5 Å². The standard InChI is InChI=1S/C16H17F2NO/c1-10-3-4-16(15(5-10)11(2)19)20-9-12-6-13(17)8-14(18)7-12/h3-8,11H,9,19H2,1-2H3/t11-/m0/s1. The van der Waals surface area contributed by atoms with Crippen LogP contribution in [-0.4, -0.2) is 0 Å². The van der Waals surface area contributed by atoms with Crippen LogP contribution in [-0.2, 0) is 6.61 Å². The zero-order chi connectivity index (χ0) is 14.7. The fourth-order valence-corrected chi connectivity index (χ4v) is 2.01. The van der Waals surface area contributed by atoms with Crippen molar-refractivity contribution in [1.82, 2.24) is 0 Å². The molecule has 0 aromatic heterocycles. The third-order valence-electron chi connectivity index (χ3n) is 2.97. The first-order valence-electron chi connectivity index (χ1n) is 6.39. The number of hydrogen-bond donors (Lipinski definition) is 1. The summed E-state index contributed by atoms with van der Waals surface area (Å²) in [5.74, 6) is -0.588. The van der Waals surface area contributed by atoms with Crippen LogP contribution in [0.25, 0.3) is 0 Å². The molecule has 0 aliphatic heterocycles. The van der Waals surface area contributed by atoms with Crippen molar-refractivity contribution >= 4 is 0 Å². The second-order valence-electron chi connectivity index (χ2n) is 4.90. The molecule has 2 N–H and O–H groups in total. The maximum Gasteiger partial charge on any atom is 0.126 e. The summed E-state index contributed by atoms with van der Waals surface area (Å²) in [6.45, 7) is 3.93. The minimum Gasteiger partial charge on any atom is -0.489 e. The van der Waals surface area contributed by atoms with Crippen LogP contribution in [0.2, 0.25) is 0 Å². The highest BCUT2D eigenvalue weighted by Gasteiger charge is 2.09. The van der Waals surface area contributed by atoms with Gasteiger partial charge in [-0.05, 0) is 37.6 Å². The van der Waals surface area contributed by atoms with Gasteiger partial charge in [0.25, 0.3) is 0 Å². The van der Waals surface area contributed by atoms with Crippen molar-refractivity contribution in [3.63, 3.8) is 0 Å². The number of halogens is 2. The maximum absolute atomic E-state index is 13.1. The first-order chi connectivity index (χ1) is 9.45. The zero-order valence-electron chi connectivity index (χ0n) is 11.5. The number of rotatable bonds is 4. The van der Waals surface area contributed by atoms with Crippen LogP contribution in [0.5, 0.6) is 5.75 Å². The Bertz CT molecular complexity index is 591. The minimum atomic E-state index is -0.611. The van der Waals surface area contributed by atoms with E-state index in [4.69, 9.17) is 10.5 Å². The van der Waals surface area contributed by atoms with Gasteiger partial charge in [-0.15, -0.1) is 0 Å². The number of ether oxygens (including phenoxy) is 1. The molecule has 2 aromatic carbocycles. The first-order valence-corrected chi connectivity index (χ1v) is 6.39. The molecular formula is C16H17F2NO. The quantitative estimate of drug-likeness (QED) is 0.920. The van der Waals surface area contributed by atoms with Gasteiger partial charge >= 0.3 is 0 Å². The summed E-state index contributed by atoms with van der Waals surface area (Å²) in [7, 11) is 0. The Kier molecular flexibility index (Phi) is 4.35. The summed E-state index contributed by atoms with van der Waals surface area (Å²) in [6.07, 6.45) is 0. The molecule has 4 heteroatoms. The van der Waals surface area contributed by atoms with E-state index in [1.807, 2.05) is 32.0 Å². The summed E-state index contributed by atoms with van der Waals surface area (Å²) in [6, 6.07) is 8.85. The van der Waals surface area contributed by atoms with Gasteiger partial charge in [-0.2, -0.15) is 0 Å². The van der Waals surface area contributed by atoms with Gasteiger partial charge in [0.1, 0.15) is 24.0 Å². The molecule has 2 rings (SSSR count). The molecule has 0 heterocycles. The van der Waals surface area contributed by atoms with Crippen LogP contribution < -0.4 is 10.5 Å². The molecule has 0 amide bonds. The monoisotopic (exact) mass is 277 g/mol. The number of aryl methyl sites for hydroxylation is 1. The van der Waals surface area contributed by atoms with Crippen LogP contribution in [0, 0.1) is 18.6 Å². The van der Waals surface area contributed by atoms with Crippen LogP contribution in [0.4, 0.5) is 8.78 Å². The van der Waals surface area contributed by atoms with E-state index in [0.717, 1.165) is 17.2 Å². The molecule has 0 bridgehead atoms. The van der Waals surface area contributed by atoms with Crippen molar-refractivity contribution in [2.45, 2.75) is 26.5 Å². The second-order valence-corrected chi connectivity index (χ2v) is 4.90. The predicted molar refractivity (Wildman–Crippen MR) is 74.5 cm³/mol. The zero-order valence-corrected chi connectivity index (χ0v) is 11.5. The normalized spacial score (nSPS) is 12.2. The molecule has 1 atom stereocenters. The molecular weight excluding hydrogens is 260 g/mol. The molecule has 0 spiro atoms. The largest absolute Gasteiger partial charge is 0.489 e. The Morgan fingerprint density at radius 1 is 1.10 bits per heavy atom. The van der Waals surface area contributed by atoms with Gasteiger partial charge in [0, 0.05) is 17.7 Å². The Morgan fingerprint density at radius 3 is 2.35 bits per heavy atom. The summed E-state index contributed by atoms with van der Waals surface area (Å²) >= 11 is 0. The van der Waals surface area contributed by atoms with Gasteiger partial charge in [0.2, 0.25) is 0 Å². The molecule has 0 saturated carbocycles. The van der Waals surface area contributed by atoms with E-state index in [9.17, 15) is 8.78 Å². The van der Waals surface area contributed by atoms with Gasteiger partial charge < -0.3 is 10.5 Å². The van der Waals surface area contributed by atoms with Gasteiger partial charge in [-0.3, -0.25) is 0 Å². The maximum atomic E-state index is 13.1. The fraction of sp³-hybridized carbons (Fsp3) is 0.250. The van der Waals surface area contributed by atoms with E-state index in [-0.39, 0.29) is 12.6 Å². The lowest BCUT2D eigenvalue weighted by Gasteiger charge is -2.15. The van der Waals surface area contributed by atoms with E-state index < -0.39 is 11.6 Å². The summed E-state index contributed by atoms with van der Waals surface area (Å²) in [5, 5.41) is 0. The van der Waals surface area contributed by atoms with E-state index in [1.165, 1.54) is 12.1 Å². The lowest BCUT2D eigenvalue weighted by Crippen LogP contribution is -2.08. The number of benzene rings is 2. The van der Waals surface area contributed by atoms with Gasteiger partial charge in [-0.1, -0.05) is 17.7 Å². The van der Waals surface area contributed by atoms with Crippen LogP contribution >= 0.6 is 0 Å². The van der Waals surface area contributed by atoms with E-state index in [0.29, 0.717) is 11.3 Å². The highest BCUT2D eigenvalue weighted by atomic mass is 19.1. The van der Waals surface area contributed by atoms with Gasteiger partial charge in [-0.25, -0.2) is 8.78 Å². The number of hydrogen-bond acceptors (Lipinski definition) is 2. The SMILES string of the molecule is Cc1ccc(OCc2cc(F)cc(F)c2)c([C@H](C)N)c1. The summed E-state index contributed by atoms with van der Waals surface area (Å²) in [4.78, 5) is 0. The summed E-state index contributed by atoms with van der Waals surface area (Å²) < 4.78 is 31.8. The second kappa shape index (κ2) is 6.01. The Balaban J connectivity index is 2.18. The van der Waals surface area contributed by atoms with Crippen molar-refractivity contribution in [3.05, 3.63) is 64.7 Å². The van der Waals surface area contributed by atoms with E-state index in [1.54, 1.807) is 0 Å². The molecule has 20 heavy (non-hydrogen) atoms. The smallest absolute Gasteiger partial charge is 0.126 e. The fourth-order valence-electron chi connectivity index (χ4n) is 2.01. The van der Waals surface area contributed by atoms with Gasteiger partial charge in [0.05, 0.1) is 0 Å². The first kappa shape index (κ1) is 14.5. The molecule has 0 unspecified atom stereocenters. The number of nitrogens with two attached hydrogens (primary N) is 1. The molecule has 106 valence electrons. The molecule has 0 saturated heterocycles. The summed E-state index contributed by atoms with van der Waals surface area (Å²) in [5.41, 5.74) is 8.31. The molecule has 2 nitrogen and oxygen atoms in total. The van der Waals surface area contributed by atoms with Crippen molar-refractivity contribution in [2.75, 3.05) is 0 Å². The van der Waals surface area contributed by atoms with Crippen LogP contribution in [0.15, 0.2) is 36.4 Å². The average Bonchev–Trinajstić information content (AvgIpc) is 2.36. The van der Waals surface area contributed by atoms with Crippen molar-refractivity contribution in [1.29, 1.82) is 0 Å². The van der Waals surface area contributed by atoms with Crippen LogP contribution in [0.3, 0.4) is 0 Å². The third-order valence-corrected chi connectivity index (χ3v) is 2.97. The minimum absolute atomic E-state index is 0.0947. The van der Waals surface area contributed by atoms with Gasteiger partial charge in [0.15, 0.2) is 0 Å². The topological polar surface area (TPSA) is 35.2 Å². The van der Waals surface area contributed by atoms with E-state index in [2.05, 4.69) is 0 Å². The van der Waals surface area contributed by atoms with Crippen molar-refractivity contribution in [3.8, 4) is 5.75 Å².